The second-order valence-corrected chi connectivity index (χ2v) is 4.96. The maximum atomic E-state index is 12.2. The van der Waals surface area contributed by atoms with Crippen molar-refractivity contribution in [3.05, 3.63) is 46.8 Å². The summed E-state index contributed by atoms with van der Waals surface area (Å²) in [5.41, 5.74) is 3.37. The number of aromatic nitrogens is 1. The van der Waals surface area contributed by atoms with Gasteiger partial charge in [0.25, 0.3) is 5.91 Å². The molecule has 0 aliphatic heterocycles. The third-order valence-electron chi connectivity index (χ3n) is 3.47. The first-order chi connectivity index (χ1) is 9.24. The minimum atomic E-state index is -0.184. The molecule has 0 fully saturated rings. The molecule has 0 saturated carbocycles. The number of fused-ring (bicyclic) bond motifs is 1. The van der Waals surface area contributed by atoms with Gasteiger partial charge >= 0.3 is 0 Å². The molecule has 0 radical (unpaired) electrons. The maximum absolute atomic E-state index is 12.2. The summed E-state index contributed by atoms with van der Waals surface area (Å²) >= 11 is 0. The van der Waals surface area contributed by atoms with E-state index >= 15 is 0 Å². The van der Waals surface area contributed by atoms with Gasteiger partial charge in [0.05, 0.1) is 0 Å². The van der Waals surface area contributed by atoms with E-state index in [9.17, 15) is 4.79 Å². The van der Waals surface area contributed by atoms with Crippen molar-refractivity contribution in [2.75, 3.05) is 5.32 Å². The summed E-state index contributed by atoms with van der Waals surface area (Å²) in [7, 11) is 0. The number of amides is 1. The molecular formula is C15H16N2O2. The highest BCUT2D eigenvalue weighted by Gasteiger charge is 2.23. The number of rotatable bonds is 2. The topological polar surface area (TPSA) is 55.1 Å². The minimum absolute atomic E-state index is 0.184. The standard InChI is InChI=1S/C15H16N2O2/c1-10-6-8-11(9-7-10)16-15(18)14-12-4-2-3-5-13(12)19-17-14/h6-9H,2-5H2,1H3,(H,16,18). The lowest BCUT2D eigenvalue weighted by Crippen LogP contribution is -2.15. The molecule has 4 nitrogen and oxygen atoms in total. The lowest BCUT2D eigenvalue weighted by Gasteiger charge is -2.09. The van der Waals surface area contributed by atoms with Gasteiger partial charge in [0, 0.05) is 17.7 Å². The van der Waals surface area contributed by atoms with E-state index in [-0.39, 0.29) is 5.91 Å². The fraction of sp³-hybridized carbons (Fsp3) is 0.333. The van der Waals surface area contributed by atoms with Gasteiger partial charge in [0.2, 0.25) is 0 Å². The summed E-state index contributed by atoms with van der Waals surface area (Å²) in [4.78, 5) is 12.2. The smallest absolute Gasteiger partial charge is 0.278 e. The Kier molecular flexibility index (Phi) is 3.07. The van der Waals surface area contributed by atoms with Crippen LogP contribution in [0.15, 0.2) is 28.8 Å². The van der Waals surface area contributed by atoms with E-state index in [1.807, 2.05) is 31.2 Å². The van der Waals surface area contributed by atoms with Gasteiger partial charge in [-0.2, -0.15) is 0 Å². The van der Waals surface area contributed by atoms with Crippen LogP contribution in [0, 0.1) is 6.92 Å². The van der Waals surface area contributed by atoms with Crippen molar-refractivity contribution in [2.45, 2.75) is 32.6 Å². The zero-order chi connectivity index (χ0) is 13.2. The van der Waals surface area contributed by atoms with Gasteiger partial charge in [-0.05, 0) is 38.3 Å². The summed E-state index contributed by atoms with van der Waals surface area (Å²) in [5, 5.41) is 6.78. The predicted molar refractivity (Wildman–Crippen MR) is 72.3 cm³/mol. The molecule has 0 unspecified atom stereocenters. The molecule has 1 aromatic heterocycles. The molecule has 3 rings (SSSR count). The lowest BCUT2D eigenvalue weighted by molar-refractivity contribution is 0.101. The van der Waals surface area contributed by atoms with Crippen LogP contribution in [0.2, 0.25) is 0 Å². The van der Waals surface area contributed by atoms with Crippen molar-refractivity contribution in [3.8, 4) is 0 Å². The lowest BCUT2D eigenvalue weighted by atomic mass is 9.96. The first-order valence-corrected chi connectivity index (χ1v) is 6.59. The molecule has 0 bridgehead atoms. The number of aryl methyl sites for hydroxylation is 2. The van der Waals surface area contributed by atoms with E-state index in [0.29, 0.717) is 5.69 Å². The summed E-state index contributed by atoms with van der Waals surface area (Å²) in [6.07, 6.45) is 3.98. The molecule has 98 valence electrons. The molecule has 1 N–H and O–H groups in total. The molecule has 0 spiro atoms. The van der Waals surface area contributed by atoms with E-state index in [0.717, 1.165) is 48.3 Å². The molecule has 19 heavy (non-hydrogen) atoms. The minimum Gasteiger partial charge on any atom is -0.360 e. The third kappa shape index (κ3) is 2.38. The highest BCUT2D eigenvalue weighted by molar-refractivity contribution is 6.03. The van der Waals surface area contributed by atoms with Crippen molar-refractivity contribution in [1.82, 2.24) is 5.16 Å². The van der Waals surface area contributed by atoms with Crippen LogP contribution in [-0.4, -0.2) is 11.1 Å². The Morgan fingerprint density at radius 1 is 1.21 bits per heavy atom. The Bertz CT molecular complexity index is 599. The SMILES string of the molecule is Cc1ccc(NC(=O)c2noc3c2CCCC3)cc1. The van der Waals surface area contributed by atoms with E-state index < -0.39 is 0 Å². The normalized spacial score (nSPS) is 13.9. The first kappa shape index (κ1) is 12.0. The number of carbonyl (C=O) groups excluding carboxylic acids is 1. The average Bonchev–Trinajstić information content (AvgIpc) is 2.85. The molecular weight excluding hydrogens is 240 g/mol. The van der Waals surface area contributed by atoms with Gasteiger partial charge in [-0.3, -0.25) is 4.79 Å². The summed E-state index contributed by atoms with van der Waals surface area (Å²) in [6.45, 7) is 2.01. The summed E-state index contributed by atoms with van der Waals surface area (Å²) < 4.78 is 5.25. The van der Waals surface area contributed by atoms with Crippen molar-refractivity contribution in [1.29, 1.82) is 0 Å². The zero-order valence-corrected chi connectivity index (χ0v) is 10.9. The predicted octanol–water partition coefficient (Wildman–Crippen LogP) is 3.11. The van der Waals surface area contributed by atoms with Crippen LogP contribution >= 0.6 is 0 Å². The molecule has 1 aliphatic rings. The highest BCUT2D eigenvalue weighted by atomic mass is 16.5. The Morgan fingerprint density at radius 3 is 2.74 bits per heavy atom. The Hall–Kier alpha value is -2.10. The van der Waals surface area contributed by atoms with Crippen LogP contribution in [0.4, 0.5) is 5.69 Å². The van der Waals surface area contributed by atoms with Crippen LogP contribution in [0.3, 0.4) is 0 Å². The fourth-order valence-electron chi connectivity index (χ4n) is 2.39. The number of hydrogen-bond donors (Lipinski definition) is 1. The second-order valence-electron chi connectivity index (χ2n) is 4.96. The number of nitrogens with zero attached hydrogens (tertiary/aromatic N) is 1. The molecule has 1 aromatic carbocycles. The number of nitrogens with one attached hydrogen (secondary N) is 1. The van der Waals surface area contributed by atoms with Gasteiger partial charge in [0.1, 0.15) is 5.76 Å². The van der Waals surface area contributed by atoms with Gasteiger partial charge in [-0.25, -0.2) is 0 Å². The Morgan fingerprint density at radius 2 is 1.95 bits per heavy atom. The van der Waals surface area contributed by atoms with Crippen molar-refractivity contribution in [2.24, 2.45) is 0 Å². The number of hydrogen-bond acceptors (Lipinski definition) is 3. The number of benzene rings is 1. The molecule has 0 saturated heterocycles. The third-order valence-corrected chi connectivity index (χ3v) is 3.47. The first-order valence-electron chi connectivity index (χ1n) is 6.59. The van der Waals surface area contributed by atoms with Crippen molar-refractivity contribution < 1.29 is 9.32 Å². The second kappa shape index (κ2) is 4.88. The summed E-state index contributed by atoms with van der Waals surface area (Å²) in [5.74, 6) is 0.691. The monoisotopic (exact) mass is 256 g/mol. The molecule has 4 heteroatoms. The number of carbonyl (C=O) groups is 1. The molecule has 0 atom stereocenters. The Balaban J connectivity index is 1.80. The molecule has 1 amide bonds. The van der Waals surface area contributed by atoms with Crippen LogP contribution in [0.25, 0.3) is 0 Å². The fourth-order valence-corrected chi connectivity index (χ4v) is 2.39. The van der Waals surface area contributed by atoms with Gasteiger partial charge < -0.3 is 9.84 Å². The van der Waals surface area contributed by atoms with E-state index in [1.165, 1.54) is 0 Å². The summed E-state index contributed by atoms with van der Waals surface area (Å²) in [6, 6.07) is 7.71. The van der Waals surface area contributed by atoms with Crippen LogP contribution in [0.1, 0.15) is 40.2 Å². The Labute approximate surface area is 111 Å². The van der Waals surface area contributed by atoms with Gasteiger partial charge in [-0.15, -0.1) is 0 Å². The van der Waals surface area contributed by atoms with Gasteiger partial charge in [-0.1, -0.05) is 22.9 Å². The molecule has 1 aliphatic carbocycles. The molecule has 1 heterocycles. The number of anilines is 1. The van der Waals surface area contributed by atoms with Crippen molar-refractivity contribution in [3.63, 3.8) is 0 Å². The zero-order valence-electron chi connectivity index (χ0n) is 10.9. The van der Waals surface area contributed by atoms with E-state index in [1.54, 1.807) is 0 Å². The maximum Gasteiger partial charge on any atom is 0.278 e. The molecule has 2 aromatic rings. The average molecular weight is 256 g/mol. The van der Waals surface area contributed by atoms with Crippen LogP contribution in [0.5, 0.6) is 0 Å². The van der Waals surface area contributed by atoms with Crippen molar-refractivity contribution >= 4 is 11.6 Å². The van der Waals surface area contributed by atoms with Crippen LogP contribution in [-0.2, 0) is 12.8 Å². The largest absolute Gasteiger partial charge is 0.360 e. The highest BCUT2D eigenvalue weighted by Crippen LogP contribution is 2.24. The van der Waals surface area contributed by atoms with E-state index in [2.05, 4.69) is 10.5 Å². The van der Waals surface area contributed by atoms with Gasteiger partial charge in [0.15, 0.2) is 5.69 Å². The van der Waals surface area contributed by atoms with Crippen LogP contribution < -0.4 is 5.32 Å². The quantitative estimate of drug-likeness (QED) is 0.898. The van der Waals surface area contributed by atoms with E-state index in [4.69, 9.17) is 4.52 Å².